The molecule has 0 saturated carbocycles. The molecule has 6 nitrogen and oxygen atoms in total. The highest BCUT2D eigenvalue weighted by Crippen LogP contribution is 2.25. The van der Waals surface area contributed by atoms with Gasteiger partial charge in [0.25, 0.3) is 0 Å². The zero-order chi connectivity index (χ0) is 17.3. The van der Waals surface area contributed by atoms with Crippen LogP contribution in [0.4, 0.5) is 9.52 Å². The highest BCUT2D eigenvalue weighted by Gasteiger charge is 2.20. The number of imidazole rings is 1. The van der Waals surface area contributed by atoms with Gasteiger partial charge in [-0.05, 0) is 36.6 Å². The quantitative estimate of drug-likeness (QED) is 0.713. The SMILES string of the molecule is CC(C)C[C@@H](Nc1nn2cc(-c3ccc(F)cc3)nc2s1)C(=O)O. The number of aromatic nitrogens is 3. The van der Waals surface area contributed by atoms with Crippen molar-refractivity contribution in [1.29, 1.82) is 0 Å². The molecule has 0 bridgehead atoms. The van der Waals surface area contributed by atoms with E-state index in [1.807, 2.05) is 13.8 Å². The largest absolute Gasteiger partial charge is 0.480 e. The van der Waals surface area contributed by atoms with Crippen molar-refractivity contribution in [2.75, 3.05) is 5.32 Å². The minimum Gasteiger partial charge on any atom is -0.480 e. The predicted octanol–water partition coefficient (Wildman–Crippen LogP) is 3.51. The van der Waals surface area contributed by atoms with E-state index in [2.05, 4.69) is 15.4 Å². The van der Waals surface area contributed by atoms with Gasteiger partial charge in [0.2, 0.25) is 10.1 Å². The second kappa shape index (κ2) is 6.56. The van der Waals surface area contributed by atoms with Gasteiger partial charge in [-0.25, -0.2) is 18.7 Å². The number of nitrogens with zero attached hydrogens (tertiary/aromatic N) is 3. The first-order valence-corrected chi connectivity index (χ1v) is 8.35. The van der Waals surface area contributed by atoms with E-state index in [1.54, 1.807) is 22.8 Å². The molecule has 0 aliphatic rings. The maximum atomic E-state index is 13.0. The first-order valence-electron chi connectivity index (χ1n) is 7.54. The van der Waals surface area contributed by atoms with Gasteiger partial charge in [-0.3, -0.25) is 0 Å². The Morgan fingerprint density at radius 1 is 1.38 bits per heavy atom. The lowest BCUT2D eigenvalue weighted by atomic mass is 10.0. The Balaban J connectivity index is 1.81. The average Bonchev–Trinajstić information content (AvgIpc) is 3.05. The van der Waals surface area contributed by atoms with E-state index in [4.69, 9.17) is 0 Å². The summed E-state index contributed by atoms with van der Waals surface area (Å²) in [6.45, 7) is 3.95. The van der Waals surface area contributed by atoms with Gasteiger partial charge < -0.3 is 10.4 Å². The first kappa shape index (κ1) is 16.4. The van der Waals surface area contributed by atoms with Crippen LogP contribution in [0.25, 0.3) is 16.2 Å². The van der Waals surface area contributed by atoms with Crippen LogP contribution in [0.15, 0.2) is 30.5 Å². The number of carbonyl (C=O) groups is 1. The maximum absolute atomic E-state index is 13.0. The van der Waals surface area contributed by atoms with E-state index in [0.29, 0.717) is 22.2 Å². The van der Waals surface area contributed by atoms with Crippen molar-refractivity contribution in [2.45, 2.75) is 26.3 Å². The molecule has 0 aliphatic carbocycles. The van der Waals surface area contributed by atoms with Gasteiger partial charge >= 0.3 is 5.97 Å². The van der Waals surface area contributed by atoms with E-state index in [-0.39, 0.29) is 11.7 Å². The molecule has 8 heteroatoms. The number of halogens is 1. The normalized spacial score (nSPS) is 12.7. The van der Waals surface area contributed by atoms with Crippen molar-refractivity contribution < 1.29 is 14.3 Å². The van der Waals surface area contributed by atoms with Crippen LogP contribution in [0.2, 0.25) is 0 Å². The lowest BCUT2D eigenvalue weighted by Gasteiger charge is -2.15. The third kappa shape index (κ3) is 3.53. The highest BCUT2D eigenvalue weighted by molar-refractivity contribution is 7.20. The molecule has 2 N–H and O–H groups in total. The van der Waals surface area contributed by atoms with E-state index in [1.165, 1.54) is 23.5 Å². The van der Waals surface area contributed by atoms with Crippen molar-refractivity contribution in [3.63, 3.8) is 0 Å². The molecule has 3 rings (SSSR count). The maximum Gasteiger partial charge on any atom is 0.326 e. The monoisotopic (exact) mass is 348 g/mol. The molecule has 1 atom stereocenters. The molecule has 0 aliphatic heterocycles. The van der Waals surface area contributed by atoms with E-state index in [0.717, 1.165) is 5.56 Å². The number of fused-ring (bicyclic) bond motifs is 1. The van der Waals surface area contributed by atoms with Crippen LogP contribution >= 0.6 is 11.3 Å². The number of rotatable bonds is 6. The Kier molecular flexibility index (Phi) is 4.48. The van der Waals surface area contributed by atoms with E-state index < -0.39 is 12.0 Å². The van der Waals surface area contributed by atoms with Gasteiger partial charge in [-0.2, -0.15) is 0 Å². The van der Waals surface area contributed by atoms with Crippen LogP contribution in [0.3, 0.4) is 0 Å². The zero-order valence-corrected chi connectivity index (χ0v) is 14.0. The van der Waals surface area contributed by atoms with Gasteiger partial charge in [-0.15, -0.1) is 5.10 Å². The summed E-state index contributed by atoms with van der Waals surface area (Å²) < 4.78 is 14.6. The molecule has 0 unspecified atom stereocenters. The Labute approximate surface area is 142 Å². The van der Waals surface area contributed by atoms with Crippen LogP contribution in [0, 0.1) is 11.7 Å². The molecule has 3 aromatic rings. The van der Waals surface area contributed by atoms with Crippen molar-refractivity contribution >= 4 is 27.4 Å². The van der Waals surface area contributed by atoms with Gasteiger partial charge in [0.15, 0.2) is 0 Å². The number of anilines is 1. The molecule has 24 heavy (non-hydrogen) atoms. The molecule has 2 aromatic heterocycles. The molecule has 0 fully saturated rings. The second-order valence-electron chi connectivity index (χ2n) is 5.93. The number of nitrogens with one attached hydrogen (secondary N) is 1. The Hall–Kier alpha value is -2.48. The summed E-state index contributed by atoms with van der Waals surface area (Å²) >= 11 is 1.28. The fraction of sp³-hybridized carbons (Fsp3) is 0.312. The van der Waals surface area contributed by atoms with Crippen molar-refractivity contribution in [3.8, 4) is 11.3 Å². The Morgan fingerprint density at radius 3 is 2.67 bits per heavy atom. The fourth-order valence-electron chi connectivity index (χ4n) is 2.36. The molecular formula is C16H17FN4O2S. The predicted molar refractivity (Wildman–Crippen MR) is 90.8 cm³/mol. The van der Waals surface area contributed by atoms with E-state index in [9.17, 15) is 14.3 Å². The Morgan fingerprint density at radius 2 is 2.08 bits per heavy atom. The summed E-state index contributed by atoms with van der Waals surface area (Å²) in [5.41, 5.74) is 1.49. The second-order valence-corrected chi connectivity index (χ2v) is 6.89. The third-order valence-corrected chi connectivity index (χ3v) is 4.34. The van der Waals surface area contributed by atoms with Crippen molar-refractivity contribution in [2.24, 2.45) is 5.92 Å². The molecule has 0 amide bonds. The fourth-order valence-corrected chi connectivity index (χ4v) is 3.19. The van der Waals surface area contributed by atoms with Gasteiger partial charge in [0, 0.05) is 5.56 Å². The molecular weight excluding hydrogens is 331 g/mol. The van der Waals surface area contributed by atoms with Crippen LogP contribution in [-0.4, -0.2) is 31.7 Å². The number of hydrogen-bond donors (Lipinski definition) is 2. The topological polar surface area (TPSA) is 79.5 Å². The number of carboxylic acids is 1. The summed E-state index contributed by atoms with van der Waals surface area (Å²) in [5, 5.41) is 17.1. The highest BCUT2D eigenvalue weighted by atomic mass is 32.1. The van der Waals surface area contributed by atoms with Crippen LogP contribution < -0.4 is 5.32 Å². The molecule has 126 valence electrons. The number of carboxylic acid groups (broad SMARTS) is 1. The summed E-state index contributed by atoms with van der Waals surface area (Å²) in [5.74, 6) is -0.939. The van der Waals surface area contributed by atoms with Crippen LogP contribution in [-0.2, 0) is 4.79 Å². The molecule has 2 heterocycles. The first-order chi connectivity index (χ1) is 11.4. The minimum atomic E-state index is -0.899. The molecule has 1 aromatic carbocycles. The number of benzene rings is 1. The molecule has 0 radical (unpaired) electrons. The van der Waals surface area contributed by atoms with Crippen molar-refractivity contribution in [1.82, 2.24) is 14.6 Å². The van der Waals surface area contributed by atoms with Crippen LogP contribution in [0.1, 0.15) is 20.3 Å². The Bertz CT molecular complexity index is 825. The standard InChI is InChI=1S/C16H17FN4O2S/c1-9(2)7-12(14(22)23)18-15-20-21-8-13(19-16(21)24-15)10-3-5-11(17)6-4-10/h3-6,8-9,12H,7H2,1-2H3,(H,18,20)(H,22,23)/t12-/m1/s1. The summed E-state index contributed by atoms with van der Waals surface area (Å²) in [6.07, 6.45) is 2.25. The third-order valence-electron chi connectivity index (χ3n) is 3.49. The summed E-state index contributed by atoms with van der Waals surface area (Å²) in [6, 6.07) is 5.39. The molecule has 0 spiro atoms. The van der Waals surface area contributed by atoms with Gasteiger partial charge in [-0.1, -0.05) is 25.2 Å². The van der Waals surface area contributed by atoms with E-state index >= 15 is 0 Å². The van der Waals surface area contributed by atoms with Gasteiger partial charge in [0.1, 0.15) is 11.9 Å². The van der Waals surface area contributed by atoms with Crippen molar-refractivity contribution in [3.05, 3.63) is 36.3 Å². The minimum absolute atomic E-state index is 0.257. The summed E-state index contributed by atoms with van der Waals surface area (Å²) in [7, 11) is 0. The number of aliphatic carboxylic acids is 1. The van der Waals surface area contributed by atoms with Gasteiger partial charge in [0.05, 0.1) is 11.9 Å². The zero-order valence-electron chi connectivity index (χ0n) is 13.2. The average molecular weight is 348 g/mol. The summed E-state index contributed by atoms with van der Waals surface area (Å²) in [4.78, 5) is 16.4. The lowest BCUT2D eigenvalue weighted by molar-refractivity contribution is -0.138. The molecule has 0 saturated heterocycles. The lowest BCUT2D eigenvalue weighted by Crippen LogP contribution is -2.30. The van der Waals surface area contributed by atoms with Crippen LogP contribution in [0.5, 0.6) is 0 Å². The smallest absolute Gasteiger partial charge is 0.326 e. The number of hydrogen-bond acceptors (Lipinski definition) is 5.